The zero-order valence-electron chi connectivity index (χ0n) is 17.5. The van der Waals surface area contributed by atoms with Crippen LogP contribution in [0, 0.1) is 0 Å². The fourth-order valence-electron chi connectivity index (χ4n) is 3.00. The Morgan fingerprint density at radius 1 is 1.17 bits per heavy atom. The Balaban J connectivity index is 2.14. The molecule has 0 saturated carbocycles. The van der Waals surface area contributed by atoms with Crippen LogP contribution in [0.25, 0.3) is 0 Å². The van der Waals surface area contributed by atoms with Crippen LogP contribution in [0.3, 0.4) is 0 Å². The number of carbonyl (C=O) groups is 3. The van der Waals surface area contributed by atoms with Crippen LogP contribution in [-0.4, -0.2) is 67.2 Å². The van der Waals surface area contributed by atoms with Crippen molar-refractivity contribution in [1.82, 2.24) is 20.9 Å². The van der Waals surface area contributed by atoms with Gasteiger partial charge in [-0.15, -0.1) is 0 Å². The molecule has 0 radical (unpaired) electrons. The molecule has 1 aliphatic heterocycles. The first-order valence-corrected chi connectivity index (χ1v) is 10.0. The van der Waals surface area contributed by atoms with E-state index in [-0.39, 0.29) is 24.8 Å². The van der Waals surface area contributed by atoms with Crippen molar-refractivity contribution < 1.29 is 19.1 Å². The summed E-state index contributed by atoms with van der Waals surface area (Å²) in [7, 11) is 0. The number of hydrogen-bond acceptors (Lipinski definition) is 4. The average Bonchev–Trinajstić information content (AvgIpc) is 2.65. The summed E-state index contributed by atoms with van der Waals surface area (Å²) in [5.41, 5.74) is 0.518. The Hall–Kier alpha value is -2.61. The van der Waals surface area contributed by atoms with Crippen molar-refractivity contribution in [1.29, 1.82) is 0 Å². The van der Waals surface area contributed by atoms with Crippen LogP contribution in [-0.2, 0) is 20.7 Å². The molecular formula is C21H32N4O4. The Morgan fingerprint density at radius 3 is 2.59 bits per heavy atom. The second kappa shape index (κ2) is 10.8. The molecule has 0 aromatic heterocycles. The predicted octanol–water partition coefficient (Wildman–Crippen LogP) is 1.06. The van der Waals surface area contributed by atoms with E-state index in [1.165, 1.54) is 0 Å². The molecule has 1 aromatic carbocycles. The third-order valence-electron chi connectivity index (χ3n) is 4.37. The smallest absolute Gasteiger partial charge is 0.315 e. The van der Waals surface area contributed by atoms with Crippen molar-refractivity contribution in [2.24, 2.45) is 0 Å². The first kappa shape index (κ1) is 22.7. The maximum atomic E-state index is 13.3. The fraction of sp³-hybridized carbons (Fsp3) is 0.571. The monoisotopic (exact) mass is 404 g/mol. The quantitative estimate of drug-likeness (QED) is 0.699. The lowest BCUT2D eigenvalue weighted by atomic mass is 10.0. The number of hydrogen-bond donors (Lipinski definition) is 3. The van der Waals surface area contributed by atoms with Gasteiger partial charge in [-0.1, -0.05) is 30.3 Å². The number of amides is 4. The van der Waals surface area contributed by atoms with Crippen molar-refractivity contribution in [3.8, 4) is 0 Å². The molecule has 1 atom stereocenters. The van der Waals surface area contributed by atoms with Gasteiger partial charge in [0.25, 0.3) is 0 Å². The first-order valence-electron chi connectivity index (χ1n) is 10.0. The molecule has 0 bridgehead atoms. The minimum Gasteiger partial charge on any atom is -0.378 e. The van der Waals surface area contributed by atoms with Gasteiger partial charge in [-0.2, -0.15) is 0 Å². The van der Waals surface area contributed by atoms with E-state index in [4.69, 9.17) is 4.74 Å². The highest BCUT2D eigenvalue weighted by Gasteiger charge is 2.28. The minimum absolute atomic E-state index is 0.119. The van der Waals surface area contributed by atoms with Gasteiger partial charge in [-0.25, -0.2) is 4.79 Å². The molecule has 8 nitrogen and oxygen atoms in total. The average molecular weight is 405 g/mol. The first-order chi connectivity index (χ1) is 13.7. The Kier molecular flexibility index (Phi) is 8.45. The molecule has 1 fully saturated rings. The van der Waals surface area contributed by atoms with Gasteiger partial charge in [-0.05, 0) is 26.3 Å². The van der Waals surface area contributed by atoms with Gasteiger partial charge in [0.15, 0.2) is 0 Å². The third-order valence-corrected chi connectivity index (χ3v) is 4.37. The molecule has 0 aliphatic carbocycles. The molecule has 0 spiro atoms. The summed E-state index contributed by atoms with van der Waals surface area (Å²) in [4.78, 5) is 39.2. The van der Waals surface area contributed by atoms with E-state index in [9.17, 15) is 14.4 Å². The van der Waals surface area contributed by atoms with Crippen LogP contribution >= 0.6 is 0 Å². The van der Waals surface area contributed by atoms with Crippen molar-refractivity contribution in [2.75, 3.05) is 32.8 Å². The van der Waals surface area contributed by atoms with Crippen LogP contribution in [0.2, 0.25) is 0 Å². The summed E-state index contributed by atoms with van der Waals surface area (Å²) in [6.07, 6.45) is 0.582. The number of rotatable bonds is 4. The highest BCUT2D eigenvalue weighted by molar-refractivity contribution is 5.88. The summed E-state index contributed by atoms with van der Waals surface area (Å²) >= 11 is 0. The molecule has 8 heteroatoms. The topological polar surface area (TPSA) is 99.8 Å². The van der Waals surface area contributed by atoms with Crippen LogP contribution < -0.4 is 16.0 Å². The van der Waals surface area contributed by atoms with E-state index in [1.54, 1.807) is 4.90 Å². The molecule has 4 amide bonds. The normalized spacial score (nSPS) is 17.1. The van der Waals surface area contributed by atoms with E-state index < -0.39 is 17.6 Å². The van der Waals surface area contributed by atoms with Gasteiger partial charge in [0.05, 0.1) is 13.2 Å². The maximum absolute atomic E-state index is 13.3. The zero-order valence-corrected chi connectivity index (χ0v) is 17.5. The van der Waals surface area contributed by atoms with Gasteiger partial charge < -0.3 is 25.6 Å². The third kappa shape index (κ3) is 8.51. The molecular weight excluding hydrogens is 372 g/mol. The second-order valence-corrected chi connectivity index (χ2v) is 8.13. The maximum Gasteiger partial charge on any atom is 0.315 e. The molecule has 0 unspecified atom stereocenters. The molecule has 29 heavy (non-hydrogen) atoms. The molecule has 1 aliphatic rings. The van der Waals surface area contributed by atoms with E-state index >= 15 is 0 Å². The van der Waals surface area contributed by atoms with Crippen LogP contribution in [0.4, 0.5) is 4.79 Å². The van der Waals surface area contributed by atoms with Gasteiger partial charge in [0.2, 0.25) is 11.8 Å². The molecule has 3 N–H and O–H groups in total. The van der Waals surface area contributed by atoms with E-state index in [0.29, 0.717) is 32.7 Å². The lowest BCUT2D eigenvalue weighted by Gasteiger charge is -2.30. The minimum atomic E-state index is -0.745. The SMILES string of the molecule is CC(C)(C)NC(=O)N[C@H](Cc1ccccc1)C(=O)N1CCOCCNC(=O)CC1. The largest absolute Gasteiger partial charge is 0.378 e. The van der Waals surface area contributed by atoms with Crippen LogP contribution in [0.5, 0.6) is 0 Å². The van der Waals surface area contributed by atoms with Gasteiger partial charge in [0, 0.05) is 38.0 Å². The Bertz CT molecular complexity index is 688. The van der Waals surface area contributed by atoms with Crippen molar-refractivity contribution in [2.45, 2.75) is 45.2 Å². The van der Waals surface area contributed by atoms with Gasteiger partial charge in [-0.3, -0.25) is 9.59 Å². The standard InChI is InChI=1S/C21H32N4O4/c1-21(2,3)24-20(28)23-17(15-16-7-5-4-6-8-16)19(27)25-11-9-18(26)22-10-13-29-14-12-25/h4-8,17H,9-15H2,1-3H3,(H,22,26)(H2,23,24,28)/t17-/m1/s1. The van der Waals surface area contributed by atoms with E-state index in [1.807, 2.05) is 51.1 Å². The molecule has 1 saturated heterocycles. The van der Waals surface area contributed by atoms with Gasteiger partial charge in [0.1, 0.15) is 6.04 Å². The van der Waals surface area contributed by atoms with E-state index in [0.717, 1.165) is 5.56 Å². The summed E-state index contributed by atoms with van der Waals surface area (Å²) in [6.45, 7) is 7.55. The number of carbonyl (C=O) groups excluding carboxylic acids is 3. The van der Waals surface area contributed by atoms with E-state index in [2.05, 4.69) is 16.0 Å². The van der Waals surface area contributed by atoms with Gasteiger partial charge >= 0.3 is 6.03 Å². The lowest BCUT2D eigenvalue weighted by molar-refractivity contribution is -0.135. The summed E-state index contributed by atoms with van der Waals surface area (Å²) in [5, 5.41) is 8.40. The number of nitrogens with one attached hydrogen (secondary N) is 3. The zero-order chi connectivity index (χ0) is 21.3. The fourth-order valence-corrected chi connectivity index (χ4v) is 3.00. The van der Waals surface area contributed by atoms with Crippen LogP contribution in [0.1, 0.15) is 32.8 Å². The van der Waals surface area contributed by atoms with Crippen molar-refractivity contribution in [3.05, 3.63) is 35.9 Å². The number of urea groups is 1. The molecule has 1 aromatic rings. The highest BCUT2D eigenvalue weighted by atomic mass is 16.5. The molecule has 2 rings (SSSR count). The Morgan fingerprint density at radius 2 is 1.90 bits per heavy atom. The highest BCUT2D eigenvalue weighted by Crippen LogP contribution is 2.08. The molecule has 160 valence electrons. The summed E-state index contributed by atoms with van der Waals surface area (Å²) in [5.74, 6) is -0.346. The Labute approximate surface area is 172 Å². The van der Waals surface area contributed by atoms with Crippen molar-refractivity contribution >= 4 is 17.8 Å². The molecule has 1 heterocycles. The number of ether oxygens (including phenoxy) is 1. The van der Waals surface area contributed by atoms with Crippen LogP contribution in [0.15, 0.2) is 30.3 Å². The summed E-state index contributed by atoms with van der Waals surface area (Å²) < 4.78 is 5.48. The van der Waals surface area contributed by atoms with Crippen molar-refractivity contribution in [3.63, 3.8) is 0 Å². The second-order valence-electron chi connectivity index (χ2n) is 8.13. The number of nitrogens with zero attached hydrogens (tertiary/aromatic N) is 1. The lowest BCUT2D eigenvalue weighted by Crippen LogP contribution is -2.56. The predicted molar refractivity (Wildman–Crippen MR) is 110 cm³/mol. The summed E-state index contributed by atoms with van der Waals surface area (Å²) in [6, 6.07) is 8.39. The number of benzene rings is 1.